The normalized spacial score (nSPS) is 11.2. The van der Waals surface area contributed by atoms with Gasteiger partial charge in [-0.25, -0.2) is 4.68 Å². The fourth-order valence-electron chi connectivity index (χ4n) is 1.54. The first-order valence-corrected chi connectivity index (χ1v) is 4.97. The fourth-order valence-corrected chi connectivity index (χ4v) is 1.54. The van der Waals surface area contributed by atoms with Crippen LogP contribution < -0.4 is 0 Å². The van der Waals surface area contributed by atoms with Crippen molar-refractivity contribution in [1.29, 1.82) is 5.26 Å². The molecule has 0 saturated carbocycles. The van der Waals surface area contributed by atoms with E-state index < -0.39 is 17.6 Å². The Morgan fingerprint density at radius 2 is 1.89 bits per heavy atom. The van der Waals surface area contributed by atoms with Gasteiger partial charge in [0.2, 0.25) is 0 Å². The minimum absolute atomic E-state index is 0.0790. The van der Waals surface area contributed by atoms with Crippen LogP contribution in [0.1, 0.15) is 17.0 Å². The first kappa shape index (κ1) is 12.1. The third-order valence-electron chi connectivity index (χ3n) is 2.28. The van der Waals surface area contributed by atoms with Crippen LogP contribution in [0.15, 0.2) is 30.3 Å². The first-order valence-electron chi connectivity index (χ1n) is 4.97. The Bertz CT molecular complexity index is 581. The molecule has 4 nitrogen and oxygen atoms in total. The number of hydrogen-bond donors (Lipinski definition) is 0. The van der Waals surface area contributed by atoms with Crippen molar-refractivity contribution in [2.75, 3.05) is 0 Å². The number of aromatic nitrogens is 3. The standard InChI is InChI=1S/C11H7F3N4/c12-11(13,14)10-9(6-15)16-17-18(10)7-8-4-2-1-3-5-8/h1-5H,7H2. The van der Waals surface area contributed by atoms with Crippen LogP contribution in [0.3, 0.4) is 0 Å². The zero-order chi connectivity index (χ0) is 13.2. The highest BCUT2D eigenvalue weighted by atomic mass is 19.4. The molecule has 1 heterocycles. The van der Waals surface area contributed by atoms with E-state index in [2.05, 4.69) is 10.3 Å². The van der Waals surface area contributed by atoms with E-state index in [4.69, 9.17) is 5.26 Å². The summed E-state index contributed by atoms with van der Waals surface area (Å²) in [4.78, 5) is 0. The summed E-state index contributed by atoms with van der Waals surface area (Å²) >= 11 is 0. The van der Waals surface area contributed by atoms with Crippen LogP contribution >= 0.6 is 0 Å². The Balaban J connectivity index is 2.41. The lowest BCUT2D eigenvalue weighted by atomic mass is 10.2. The van der Waals surface area contributed by atoms with Gasteiger partial charge in [0.1, 0.15) is 6.07 Å². The molecule has 0 aliphatic heterocycles. The van der Waals surface area contributed by atoms with Gasteiger partial charge in [0.05, 0.1) is 6.54 Å². The van der Waals surface area contributed by atoms with Crippen molar-refractivity contribution in [3.8, 4) is 6.07 Å². The molecule has 0 fully saturated rings. The average molecular weight is 252 g/mol. The number of benzene rings is 1. The minimum Gasteiger partial charge on any atom is -0.234 e. The van der Waals surface area contributed by atoms with Crippen molar-refractivity contribution < 1.29 is 13.2 Å². The number of nitriles is 1. The Hall–Kier alpha value is -2.36. The van der Waals surface area contributed by atoms with E-state index in [1.165, 1.54) is 6.07 Å². The SMILES string of the molecule is N#Cc1nnn(Cc2ccccc2)c1C(F)(F)F. The Kier molecular flexibility index (Phi) is 3.02. The maximum Gasteiger partial charge on any atom is 0.436 e. The fraction of sp³-hybridized carbons (Fsp3) is 0.182. The van der Waals surface area contributed by atoms with Gasteiger partial charge < -0.3 is 0 Å². The second kappa shape index (κ2) is 4.49. The molecule has 0 aliphatic rings. The smallest absolute Gasteiger partial charge is 0.234 e. The number of halogens is 3. The summed E-state index contributed by atoms with van der Waals surface area (Å²) in [6.07, 6.45) is -4.65. The van der Waals surface area contributed by atoms with Gasteiger partial charge in [0.15, 0.2) is 11.4 Å². The maximum absolute atomic E-state index is 12.8. The molecule has 7 heteroatoms. The van der Waals surface area contributed by atoms with E-state index in [0.717, 1.165) is 0 Å². The first-order chi connectivity index (χ1) is 8.52. The van der Waals surface area contributed by atoms with Crippen molar-refractivity contribution in [3.63, 3.8) is 0 Å². The molecule has 0 spiro atoms. The predicted octanol–water partition coefficient (Wildman–Crippen LogP) is 2.22. The third-order valence-corrected chi connectivity index (χ3v) is 2.28. The number of rotatable bonds is 2. The van der Waals surface area contributed by atoms with Gasteiger partial charge in [-0.2, -0.15) is 18.4 Å². The summed E-state index contributed by atoms with van der Waals surface area (Å²) in [5, 5.41) is 15.2. The van der Waals surface area contributed by atoms with Crippen molar-refractivity contribution in [2.24, 2.45) is 0 Å². The maximum atomic E-state index is 12.8. The van der Waals surface area contributed by atoms with E-state index in [-0.39, 0.29) is 6.54 Å². The molecule has 1 aromatic carbocycles. The summed E-state index contributed by atoms with van der Waals surface area (Å²) < 4.78 is 39.0. The van der Waals surface area contributed by atoms with E-state index in [0.29, 0.717) is 10.2 Å². The van der Waals surface area contributed by atoms with Gasteiger partial charge in [0.25, 0.3) is 0 Å². The van der Waals surface area contributed by atoms with Crippen molar-refractivity contribution in [3.05, 3.63) is 47.3 Å². The lowest BCUT2D eigenvalue weighted by molar-refractivity contribution is -0.144. The summed E-state index contributed by atoms with van der Waals surface area (Å²) in [5.41, 5.74) is -1.18. The van der Waals surface area contributed by atoms with Gasteiger partial charge in [0, 0.05) is 0 Å². The highest BCUT2D eigenvalue weighted by Gasteiger charge is 2.39. The van der Waals surface area contributed by atoms with E-state index >= 15 is 0 Å². The molecule has 0 unspecified atom stereocenters. The monoisotopic (exact) mass is 252 g/mol. The highest BCUT2D eigenvalue weighted by molar-refractivity contribution is 5.28. The zero-order valence-corrected chi connectivity index (χ0v) is 9.02. The summed E-state index contributed by atoms with van der Waals surface area (Å²) in [5.74, 6) is 0. The largest absolute Gasteiger partial charge is 0.436 e. The topological polar surface area (TPSA) is 54.5 Å². The molecule has 2 rings (SSSR count). The van der Waals surface area contributed by atoms with Crippen LogP contribution in [0.2, 0.25) is 0 Å². The zero-order valence-electron chi connectivity index (χ0n) is 9.02. The molecule has 0 atom stereocenters. The van der Waals surface area contributed by atoms with Gasteiger partial charge in [-0.15, -0.1) is 5.10 Å². The third kappa shape index (κ3) is 2.32. The molecule has 0 N–H and O–H groups in total. The average Bonchev–Trinajstić information content (AvgIpc) is 2.73. The van der Waals surface area contributed by atoms with Gasteiger partial charge >= 0.3 is 6.18 Å². The Morgan fingerprint density at radius 3 is 2.44 bits per heavy atom. The molecule has 0 bridgehead atoms. The Morgan fingerprint density at radius 1 is 1.22 bits per heavy atom. The molecule has 0 saturated heterocycles. The van der Waals surface area contributed by atoms with E-state index in [9.17, 15) is 13.2 Å². The van der Waals surface area contributed by atoms with E-state index in [1.807, 2.05) is 0 Å². The molecule has 0 amide bonds. The van der Waals surface area contributed by atoms with Gasteiger partial charge in [-0.05, 0) is 5.56 Å². The second-order valence-corrected chi connectivity index (χ2v) is 3.54. The number of alkyl halides is 3. The Labute approximate surface area is 100 Å². The number of nitrogens with zero attached hydrogens (tertiary/aromatic N) is 4. The lowest BCUT2D eigenvalue weighted by Gasteiger charge is -2.09. The molecule has 18 heavy (non-hydrogen) atoms. The number of hydrogen-bond acceptors (Lipinski definition) is 3. The van der Waals surface area contributed by atoms with Gasteiger partial charge in [-0.3, -0.25) is 0 Å². The molecule has 2 aromatic rings. The summed E-state index contributed by atoms with van der Waals surface area (Å²) in [7, 11) is 0. The van der Waals surface area contributed by atoms with E-state index in [1.54, 1.807) is 30.3 Å². The molecule has 0 radical (unpaired) electrons. The van der Waals surface area contributed by atoms with Crippen LogP contribution in [0, 0.1) is 11.3 Å². The minimum atomic E-state index is -4.65. The molecular weight excluding hydrogens is 245 g/mol. The molecular formula is C11H7F3N4. The summed E-state index contributed by atoms with van der Waals surface area (Å²) in [6.45, 7) is -0.0790. The van der Waals surface area contributed by atoms with Crippen LogP contribution in [0.5, 0.6) is 0 Å². The van der Waals surface area contributed by atoms with Crippen molar-refractivity contribution >= 4 is 0 Å². The van der Waals surface area contributed by atoms with Crippen molar-refractivity contribution in [1.82, 2.24) is 15.0 Å². The molecule has 92 valence electrons. The molecule has 0 aliphatic carbocycles. The lowest BCUT2D eigenvalue weighted by Crippen LogP contribution is -2.16. The second-order valence-electron chi connectivity index (χ2n) is 3.54. The van der Waals surface area contributed by atoms with Crippen LogP contribution in [0.4, 0.5) is 13.2 Å². The van der Waals surface area contributed by atoms with Crippen LogP contribution in [-0.4, -0.2) is 15.0 Å². The quantitative estimate of drug-likeness (QED) is 0.823. The van der Waals surface area contributed by atoms with Gasteiger partial charge in [-0.1, -0.05) is 35.5 Å². The van der Waals surface area contributed by atoms with Crippen LogP contribution in [0.25, 0.3) is 0 Å². The van der Waals surface area contributed by atoms with Crippen LogP contribution in [-0.2, 0) is 12.7 Å². The molecule has 1 aromatic heterocycles. The van der Waals surface area contributed by atoms with Crippen molar-refractivity contribution in [2.45, 2.75) is 12.7 Å². The predicted molar refractivity (Wildman–Crippen MR) is 55.3 cm³/mol. The summed E-state index contributed by atoms with van der Waals surface area (Å²) in [6, 6.07) is 9.93. The highest BCUT2D eigenvalue weighted by Crippen LogP contribution is 2.31.